The molecule has 1 aromatic rings. The smallest absolute Gasteiger partial charge is 0.322 e. The van der Waals surface area contributed by atoms with Crippen molar-refractivity contribution in [3.05, 3.63) is 22.8 Å². The Labute approximate surface area is 181 Å². The Kier molecular flexibility index (Phi) is 6.98. The Hall–Kier alpha value is -2.24. The van der Waals surface area contributed by atoms with Gasteiger partial charge in [0, 0.05) is 16.8 Å². The number of carbonyl (C=O) groups is 2. The highest BCUT2D eigenvalue weighted by Gasteiger charge is 2.42. The second-order valence-corrected chi connectivity index (χ2v) is 11.4. The number of nitrogens with one attached hydrogen (secondary N) is 1. The van der Waals surface area contributed by atoms with E-state index in [1.165, 1.54) is 0 Å². The van der Waals surface area contributed by atoms with E-state index in [2.05, 4.69) is 5.32 Å². The molecule has 0 spiro atoms. The normalized spacial score (nSPS) is 13.2. The van der Waals surface area contributed by atoms with Gasteiger partial charge in [0.2, 0.25) is 0 Å². The van der Waals surface area contributed by atoms with Gasteiger partial charge in [-0.15, -0.1) is 0 Å². The molecule has 0 saturated heterocycles. The van der Waals surface area contributed by atoms with Gasteiger partial charge in [-0.1, -0.05) is 41.5 Å². The van der Waals surface area contributed by atoms with E-state index in [4.69, 9.17) is 4.74 Å². The van der Waals surface area contributed by atoms with Crippen molar-refractivity contribution >= 4 is 17.6 Å². The molecule has 0 aliphatic carbocycles. The predicted octanol–water partition coefficient (Wildman–Crippen LogP) is 5.10. The Balaban J connectivity index is 3.99. The van der Waals surface area contributed by atoms with E-state index in [0.717, 1.165) is 0 Å². The van der Waals surface area contributed by atoms with E-state index in [0.29, 0.717) is 22.4 Å². The highest BCUT2D eigenvalue weighted by atomic mass is 16.6. The summed E-state index contributed by atoms with van der Waals surface area (Å²) in [5.74, 6) is -1.33. The minimum atomic E-state index is -1.13. The summed E-state index contributed by atoms with van der Waals surface area (Å²) in [6.07, 6.45) is 0. The Morgan fingerprint density at radius 2 is 1.40 bits per heavy atom. The first-order valence-electron chi connectivity index (χ1n) is 10.3. The Morgan fingerprint density at radius 1 is 0.900 bits per heavy atom. The molecule has 1 aromatic carbocycles. The molecule has 0 aliphatic heterocycles. The molecule has 6 heteroatoms. The Morgan fingerprint density at radius 3 is 1.77 bits per heavy atom. The van der Waals surface area contributed by atoms with Gasteiger partial charge in [0.05, 0.1) is 5.41 Å². The molecule has 1 rings (SSSR count). The molecule has 30 heavy (non-hydrogen) atoms. The van der Waals surface area contributed by atoms with E-state index < -0.39 is 33.8 Å². The van der Waals surface area contributed by atoms with E-state index in [-0.39, 0.29) is 12.3 Å². The lowest BCUT2D eigenvalue weighted by atomic mass is 9.70. The number of phenolic OH excluding ortho intramolecular Hbond substituents is 1. The lowest BCUT2D eigenvalue weighted by Gasteiger charge is -2.37. The first-order chi connectivity index (χ1) is 13.2. The fraction of sp³-hybridized carbons (Fsp3) is 0.667. The minimum Gasteiger partial charge on any atom is -0.507 e. The van der Waals surface area contributed by atoms with Gasteiger partial charge in [0.15, 0.2) is 0 Å². The maximum atomic E-state index is 13.2. The average Bonchev–Trinajstić information content (AvgIpc) is 2.48. The molecule has 170 valence electrons. The number of carboxylic acid groups (broad SMARTS) is 1. The molecule has 0 amide bonds. The van der Waals surface area contributed by atoms with Crippen LogP contribution < -0.4 is 5.32 Å². The molecule has 0 bridgehead atoms. The van der Waals surface area contributed by atoms with Crippen LogP contribution in [0.3, 0.4) is 0 Å². The van der Waals surface area contributed by atoms with E-state index in [9.17, 15) is 19.8 Å². The average molecular weight is 422 g/mol. The van der Waals surface area contributed by atoms with Crippen molar-refractivity contribution in [2.45, 2.75) is 98.0 Å². The van der Waals surface area contributed by atoms with Crippen molar-refractivity contribution in [3.63, 3.8) is 0 Å². The lowest BCUT2D eigenvalue weighted by molar-refractivity contribution is -0.160. The molecule has 0 saturated carbocycles. The molecular formula is C24H39NO5. The van der Waals surface area contributed by atoms with Crippen LogP contribution in [0.2, 0.25) is 0 Å². The van der Waals surface area contributed by atoms with Crippen molar-refractivity contribution in [1.82, 2.24) is 0 Å². The number of rotatable bonds is 5. The van der Waals surface area contributed by atoms with Crippen molar-refractivity contribution in [2.24, 2.45) is 0 Å². The third-order valence-electron chi connectivity index (χ3n) is 4.82. The topological polar surface area (TPSA) is 95.9 Å². The van der Waals surface area contributed by atoms with Gasteiger partial charge < -0.3 is 20.3 Å². The molecule has 0 atom stereocenters. The standard InChI is InChI=1S/C24H39NO5/c1-21(2,3)14-12-15(25-13-16(26)27)17(18(19(14)28)22(4,5)6)24(10,11)20(29)30-23(7,8)9/h12,25,28H,13H2,1-11H3,(H,26,27). The number of esters is 1. The number of hydrogen-bond donors (Lipinski definition) is 3. The monoisotopic (exact) mass is 421 g/mol. The largest absolute Gasteiger partial charge is 0.507 e. The number of aliphatic carboxylic acids is 1. The van der Waals surface area contributed by atoms with Gasteiger partial charge in [0.1, 0.15) is 17.9 Å². The van der Waals surface area contributed by atoms with Crippen molar-refractivity contribution in [2.75, 3.05) is 11.9 Å². The summed E-state index contributed by atoms with van der Waals surface area (Å²) in [6, 6.07) is 1.76. The first kappa shape index (κ1) is 25.8. The molecule has 6 nitrogen and oxygen atoms in total. The third kappa shape index (κ3) is 5.89. The van der Waals surface area contributed by atoms with Crippen LogP contribution >= 0.6 is 0 Å². The third-order valence-corrected chi connectivity index (χ3v) is 4.82. The summed E-state index contributed by atoms with van der Waals surface area (Å²) in [7, 11) is 0. The molecule has 0 heterocycles. The van der Waals surface area contributed by atoms with Crippen molar-refractivity contribution < 1.29 is 24.5 Å². The highest BCUT2D eigenvalue weighted by Crippen LogP contribution is 2.48. The maximum Gasteiger partial charge on any atom is 0.322 e. The zero-order valence-corrected chi connectivity index (χ0v) is 20.4. The fourth-order valence-corrected chi connectivity index (χ4v) is 3.44. The van der Waals surface area contributed by atoms with Crippen LogP contribution in [-0.2, 0) is 30.6 Å². The molecule has 3 N–H and O–H groups in total. The minimum absolute atomic E-state index is 0.127. The van der Waals surface area contributed by atoms with Crippen molar-refractivity contribution in [1.29, 1.82) is 0 Å². The first-order valence-corrected chi connectivity index (χ1v) is 10.3. The molecule has 0 aromatic heterocycles. The van der Waals surface area contributed by atoms with Crippen LogP contribution in [0.1, 0.15) is 92.9 Å². The van der Waals surface area contributed by atoms with Crippen LogP contribution in [-0.4, -0.2) is 34.3 Å². The Bertz CT molecular complexity index is 818. The number of benzene rings is 1. The number of phenols is 1. The summed E-state index contributed by atoms with van der Waals surface area (Å²) in [4.78, 5) is 24.5. The molecule has 0 radical (unpaired) electrons. The highest BCUT2D eigenvalue weighted by molar-refractivity contribution is 5.88. The summed E-state index contributed by atoms with van der Waals surface area (Å²) in [6.45, 7) is 20.4. The molecule has 0 unspecified atom stereocenters. The van der Waals surface area contributed by atoms with Crippen LogP contribution in [0.4, 0.5) is 5.69 Å². The number of hydrogen-bond acceptors (Lipinski definition) is 5. The van der Waals surface area contributed by atoms with Gasteiger partial charge in [-0.2, -0.15) is 0 Å². The second kappa shape index (κ2) is 8.12. The van der Waals surface area contributed by atoms with Gasteiger partial charge in [-0.25, -0.2) is 0 Å². The zero-order chi connectivity index (χ0) is 23.9. The van der Waals surface area contributed by atoms with Crippen LogP contribution in [0.5, 0.6) is 5.75 Å². The summed E-state index contributed by atoms with van der Waals surface area (Å²) < 4.78 is 5.68. The van der Waals surface area contributed by atoms with E-state index >= 15 is 0 Å². The van der Waals surface area contributed by atoms with Gasteiger partial charge in [-0.05, 0) is 57.1 Å². The predicted molar refractivity (Wildman–Crippen MR) is 121 cm³/mol. The fourth-order valence-electron chi connectivity index (χ4n) is 3.44. The molecule has 0 aliphatic rings. The zero-order valence-electron chi connectivity index (χ0n) is 20.4. The van der Waals surface area contributed by atoms with E-state index in [1.807, 2.05) is 41.5 Å². The SMILES string of the molecule is CC(C)(C)OC(=O)C(C)(C)c1c(NCC(=O)O)cc(C(C)(C)C)c(O)c1C(C)(C)C. The summed E-state index contributed by atoms with van der Waals surface area (Å²) >= 11 is 0. The number of ether oxygens (including phenoxy) is 1. The van der Waals surface area contributed by atoms with Crippen LogP contribution in [0, 0.1) is 0 Å². The van der Waals surface area contributed by atoms with Crippen LogP contribution in [0.15, 0.2) is 6.07 Å². The van der Waals surface area contributed by atoms with Gasteiger partial charge in [0.25, 0.3) is 0 Å². The van der Waals surface area contributed by atoms with Crippen LogP contribution in [0.25, 0.3) is 0 Å². The number of carboxylic acids is 1. The summed E-state index contributed by atoms with van der Waals surface area (Å²) in [5, 5.41) is 23.5. The van der Waals surface area contributed by atoms with Gasteiger partial charge in [-0.3, -0.25) is 9.59 Å². The molecular weight excluding hydrogens is 382 g/mol. The maximum absolute atomic E-state index is 13.2. The van der Waals surface area contributed by atoms with Gasteiger partial charge >= 0.3 is 11.9 Å². The lowest BCUT2D eigenvalue weighted by Crippen LogP contribution is -2.39. The number of anilines is 1. The second-order valence-electron chi connectivity index (χ2n) is 11.4. The quantitative estimate of drug-likeness (QED) is 0.452. The number of carbonyl (C=O) groups excluding carboxylic acids is 1. The van der Waals surface area contributed by atoms with Crippen molar-refractivity contribution in [3.8, 4) is 5.75 Å². The number of aromatic hydroxyl groups is 1. The molecule has 0 fully saturated rings. The summed E-state index contributed by atoms with van der Waals surface area (Å²) in [5.41, 5.74) is -0.361. The van der Waals surface area contributed by atoms with E-state index in [1.54, 1.807) is 40.7 Å².